The van der Waals surface area contributed by atoms with Crippen molar-refractivity contribution in [1.82, 2.24) is 0 Å². The molecule has 0 spiro atoms. The van der Waals surface area contributed by atoms with Crippen LogP contribution in [0.1, 0.15) is 85.0 Å². The molecular weight excluding hydrogens is 347 g/mol. The van der Waals surface area contributed by atoms with Gasteiger partial charge in [0.1, 0.15) is 0 Å². The molecule has 1 aliphatic carbocycles. The Balaban J connectivity index is 2.84. The number of rotatable bonds is 10. The van der Waals surface area contributed by atoms with Crippen LogP contribution in [0.3, 0.4) is 0 Å². The molecule has 0 N–H and O–H groups in total. The number of allylic oxidation sites excluding steroid dienone is 2. The molecule has 0 fully saturated rings. The first-order valence-corrected chi connectivity index (χ1v) is 17.2. The second-order valence-electron chi connectivity index (χ2n) is 6.99. The predicted octanol–water partition coefficient (Wildman–Crippen LogP) is 7.34. The molecule has 1 aliphatic rings. The van der Waals surface area contributed by atoms with E-state index in [9.17, 15) is 0 Å². The SMILES string of the molecule is CCC[CH2][Sn]([CH2]CCC)([CH2]CCC)[CH]1C=CCCCC1. The second kappa shape index (κ2) is 11.2. The Kier molecular flexibility index (Phi) is 10.4. The summed E-state index contributed by atoms with van der Waals surface area (Å²) in [7, 11) is 0. The van der Waals surface area contributed by atoms with E-state index >= 15 is 0 Å². The summed E-state index contributed by atoms with van der Waals surface area (Å²) in [5.74, 6) is 0. The van der Waals surface area contributed by atoms with E-state index in [4.69, 9.17) is 0 Å². The summed E-state index contributed by atoms with van der Waals surface area (Å²) in [5.41, 5.74) is 0. The zero-order valence-corrected chi connectivity index (χ0v) is 17.3. The number of hydrogen-bond acceptors (Lipinski definition) is 0. The topological polar surface area (TPSA) is 0 Å². The Labute approximate surface area is 132 Å². The van der Waals surface area contributed by atoms with Gasteiger partial charge in [-0.15, -0.1) is 0 Å². The van der Waals surface area contributed by atoms with E-state index in [0.717, 1.165) is 3.93 Å². The van der Waals surface area contributed by atoms with Crippen LogP contribution < -0.4 is 0 Å². The van der Waals surface area contributed by atoms with Crippen LogP contribution in [0.2, 0.25) is 17.2 Å². The van der Waals surface area contributed by atoms with E-state index in [-0.39, 0.29) is 0 Å². The summed E-state index contributed by atoms with van der Waals surface area (Å²) >= 11 is -1.95. The third kappa shape index (κ3) is 6.11. The van der Waals surface area contributed by atoms with Gasteiger partial charge >= 0.3 is 133 Å². The van der Waals surface area contributed by atoms with Gasteiger partial charge in [0.2, 0.25) is 0 Å². The molecule has 1 rings (SSSR count). The van der Waals surface area contributed by atoms with Crippen LogP contribution in [0.25, 0.3) is 0 Å². The maximum absolute atomic E-state index is 2.71. The number of unbranched alkanes of at least 4 members (excludes halogenated alkanes) is 3. The van der Waals surface area contributed by atoms with Gasteiger partial charge in [0.05, 0.1) is 0 Å². The van der Waals surface area contributed by atoms with Crippen molar-refractivity contribution in [3.8, 4) is 0 Å². The van der Waals surface area contributed by atoms with Gasteiger partial charge < -0.3 is 0 Å². The van der Waals surface area contributed by atoms with E-state index in [1.54, 1.807) is 19.7 Å². The molecule has 0 aromatic carbocycles. The van der Waals surface area contributed by atoms with Crippen molar-refractivity contribution >= 4 is 18.4 Å². The molecule has 1 unspecified atom stereocenters. The maximum atomic E-state index is 2.71. The van der Waals surface area contributed by atoms with Gasteiger partial charge in [-0.25, -0.2) is 0 Å². The first kappa shape index (κ1) is 18.6. The van der Waals surface area contributed by atoms with Crippen molar-refractivity contribution in [3.63, 3.8) is 0 Å². The van der Waals surface area contributed by atoms with Crippen molar-refractivity contribution in [3.05, 3.63) is 12.2 Å². The Hall–Kier alpha value is 0.539. The fourth-order valence-electron chi connectivity index (χ4n) is 4.01. The van der Waals surface area contributed by atoms with Gasteiger partial charge in [0.25, 0.3) is 0 Å². The molecule has 0 nitrogen and oxygen atoms in total. The molecule has 20 heavy (non-hydrogen) atoms. The minimum absolute atomic E-state index is 1.08. The van der Waals surface area contributed by atoms with Crippen LogP contribution in [-0.4, -0.2) is 18.4 Å². The van der Waals surface area contributed by atoms with Gasteiger partial charge in [0, 0.05) is 0 Å². The van der Waals surface area contributed by atoms with E-state index in [2.05, 4.69) is 32.9 Å². The van der Waals surface area contributed by atoms with Crippen molar-refractivity contribution in [2.24, 2.45) is 0 Å². The molecule has 0 heterocycles. The molecule has 0 radical (unpaired) electrons. The molecule has 0 amide bonds. The summed E-state index contributed by atoms with van der Waals surface area (Å²) in [6.45, 7) is 7.16. The van der Waals surface area contributed by atoms with E-state index in [1.807, 2.05) is 0 Å². The normalized spacial score (nSPS) is 20.1. The number of hydrogen-bond donors (Lipinski definition) is 0. The van der Waals surface area contributed by atoms with Crippen LogP contribution in [0.4, 0.5) is 0 Å². The van der Waals surface area contributed by atoms with Gasteiger partial charge in [0.15, 0.2) is 0 Å². The van der Waals surface area contributed by atoms with Crippen molar-refractivity contribution in [2.75, 3.05) is 0 Å². The van der Waals surface area contributed by atoms with Crippen molar-refractivity contribution < 1.29 is 0 Å². The Morgan fingerprint density at radius 3 is 1.90 bits per heavy atom. The van der Waals surface area contributed by atoms with Crippen LogP contribution >= 0.6 is 0 Å². The van der Waals surface area contributed by atoms with Crippen LogP contribution in [0.15, 0.2) is 12.2 Å². The van der Waals surface area contributed by atoms with Crippen LogP contribution in [-0.2, 0) is 0 Å². The first-order chi connectivity index (χ1) is 9.79. The Morgan fingerprint density at radius 2 is 1.40 bits per heavy atom. The Bertz CT molecular complexity index is 235. The molecule has 0 aromatic heterocycles. The summed E-state index contributed by atoms with van der Waals surface area (Å²) in [6, 6.07) is 0. The third-order valence-corrected chi connectivity index (χ3v) is 22.8. The fourth-order valence-corrected chi connectivity index (χ4v) is 22.3. The monoisotopic (exact) mass is 386 g/mol. The quantitative estimate of drug-likeness (QED) is 0.273. The van der Waals surface area contributed by atoms with Gasteiger partial charge in [-0.05, 0) is 0 Å². The van der Waals surface area contributed by atoms with E-state index < -0.39 is 18.4 Å². The van der Waals surface area contributed by atoms with Crippen molar-refractivity contribution in [1.29, 1.82) is 0 Å². The summed E-state index contributed by atoms with van der Waals surface area (Å²) in [6.07, 6.45) is 19.9. The average Bonchev–Trinajstić information content (AvgIpc) is 2.76. The first-order valence-electron chi connectivity index (χ1n) is 9.45. The summed E-state index contributed by atoms with van der Waals surface area (Å²) < 4.78 is 6.12. The Morgan fingerprint density at radius 1 is 0.850 bits per heavy atom. The molecule has 118 valence electrons. The molecule has 0 saturated heterocycles. The van der Waals surface area contributed by atoms with E-state index in [0.29, 0.717) is 0 Å². The zero-order chi connectivity index (χ0) is 14.7. The average molecular weight is 385 g/mol. The summed E-state index contributed by atoms with van der Waals surface area (Å²) in [4.78, 5) is 0. The van der Waals surface area contributed by atoms with Crippen LogP contribution in [0.5, 0.6) is 0 Å². The zero-order valence-electron chi connectivity index (χ0n) is 14.4. The molecule has 1 heteroatoms. The molecule has 0 saturated carbocycles. The standard InChI is InChI=1S/C7H11.3C4H9.Sn/c1-2-4-6-7-5-3-1;3*1-3-4-2;/h1-3H,4-7H2;3*1,3-4H2,2H3;. The molecule has 0 aromatic rings. The minimum atomic E-state index is -1.95. The molecule has 1 atom stereocenters. The summed E-state index contributed by atoms with van der Waals surface area (Å²) in [5, 5.41) is 0. The van der Waals surface area contributed by atoms with Gasteiger partial charge in [-0.1, -0.05) is 0 Å². The van der Waals surface area contributed by atoms with E-state index in [1.165, 1.54) is 57.8 Å². The van der Waals surface area contributed by atoms with Gasteiger partial charge in [-0.2, -0.15) is 0 Å². The molecule has 0 bridgehead atoms. The second-order valence-corrected chi connectivity index (χ2v) is 21.2. The predicted molar refractivity (Wildman–Crippen MR) is 96.3 cm³/mol. The van der Waals surface area contributed by atoms with Crippen molar-refractivity contribution in [2.45, 2.75) is 102 Å². The molecule has 0 aliphatic heterocycles. The van der Waals surface area contributed by atoms with Gasteiger partial charge in [-0.3, -0.25) is 0 Å². The van der Waals surface area contributed by atoms with Crippen LogP contribution in [0, 0.1) is 0 Å². The molecular formula is C19H38Sn. The fraction of sp³-hybridized carbons (Fsp3) is 0.895. The third-order valence-electron chi connectivity index (χ3n) is 5.38.